The molecule has 6 heteroatoms. The summed E-state index contributed by atoms with van der Waals surface area (Å²) >= 11 is 0. The molecule has 0 aliphatic carbocycles. The second-order valence-corrected chi connectivity index (χ2v) is 3.47. The van der Waals surface area contributed by atoms with Crippen molar-refractivity contribution in [3.05, 3.63) is 47.9 Å². The largest absolute Gasteiger partial charge is 0.506 e. The minimum absolute atomic E-state index is 0.0105. The van der Waals surface area contributed by atoms with Crippen LogP contribution >= 0.6 is 0 Å². The van der Waals surface area contributed by atoms with Gasteiger partial charge in [0.1, 0.15) is 5.75 Å². The molecule has 0 saturated carbocycles. The summed E-state index contributed by atoms with van der Waals surface area (Å²) in [5.74, 6) is -1.88. The maximum Gasteiger partial charge on any atom is 0.335 e. The molecule has 0 aliphatic rings. The van der Waals surface area contributed by atoms with Crippen molar-refractivity contribution in [2.75, 3.05) is 5.32 Å². The zero-order valence-corrected chi connectivity index (χ0v) is 9.08. The van der Waals surface area contributed by atoms with Gasteiger partial charge in [-0.15, -0.1) is 0 Å². The zero-order valence-electron chi connectivity index (χ0n) is 9.08. The highest BCUT2D eigenvalue weighted by atomic mass is 16.4. The Labute approximate surface area is 101 Å². The van der Waals surface area contributed by atoms with E-state index in [-0.39, 0.29) is 22.8 Å². The highest BCUT2D eigenvalue weighted by Gasteiger charge is 2.13. The Bertz CT molecular complexity index is 589. The third-order valence-electron chi connectivity index (χ3n) is 2.24. The van der Waals surface area contributed by atoms with Gasteiger partial charge in [0.25, 0.3) is 5.91 Å². The highest BCUT2D eigenvalue weighted by Crippen LogP contribution is 2.24. The molecule has 1 amide bonds. The number of rotatable bonds is 3. The molecule has 1 heterocycles. The van der Waals surface area contributed by atoms with Crippen LogP contribution in [-0.4, -0.2) is 22.1 Å². The molecule has 0 atom stereocenters. The monoisotopic (exact) mass is 247 g/mol. The third-order valence-corrected chi connectivity index (χ3v) is 2.24. The lowest BCUT2D eigenvalue weighted by atomic mass is 10.2. The van der Waals surface area contributed by atoms with Crippen molar-refractivity contribution in [2.24, 2.45) is 0 Å². The number of carbonyl (C=O) groups excluding carboxylic acids is 1. The van der Waals surface area contributed by atoms with Gasteiger partial charge in [-0.1, -0.05) is 0 Å². The topological polar surface area (TPSA) is 99.8 Å². The fourth-order valence-corrected chi connectivity index (χ4v) is 1.36. The second-order valence-electron chi connectivity index (χ2n) is 3.47. The van der Waals surface area contributed by atoms with Crippen LogP contribution in [0.2, 0.25) is 0 Å². The average molecular weight is 247 g/mol. The number of aromatic hydroxyl groups is 1. The first-order valence-electron chi connectivity index (χ1n) is 4.99. The standard InChI is InChI=1S/C12H9NO5/c14-9-4-3-7(12(16)17)6-8(9)13-11(15)10-2-1-5-18-10/h1-6,14H,(H,13,15)(H,16,17). The van der Waals surface area contributed by atoms with E-state index in [0.717, 1.165) is 0 Å². The van der Waals surface area contributed by atoms with Gasteiger partial charge < -0.3 is 19.9 Å². The molecule has 0 bridgehead atoms. The van der Waals surface area contributed by atoms with E-state index in [2.05, 4.69) is 5.32 Å². The Morgan fingerprint density at radius 2 is 2.00 bits per heavy atom. The normalized spacial score (nSPS) is 10.0. The number of phenols is 1. The Hall–Kier alpha value is -2.76. The summed E-state index contributed by atoms with van der Waals surface area (Å²) in [6, 6.07) is 6.59. The number of furan rings is 1. The number of carbonyl (C=O) groups is 2. The molecule has 2 aromatic rings. The SMILES string of the molecule is O=C(O)c1ccc(O)c(NC(=O)c2ccco2)c1. The number of aromatic carboxylic acids is 1. The van der Waals surface area contributed by atoms with Crippen molar-refractivity contribution in [1.29, 1.82) is 0 Å². The molecule has 0 unspecified atom stereocenters. The molecule has 2 rings (SSSR count). The maximum absolute atomic E-state index is 11.6. The quantitative estimate of drug-likeness (QED) is 0.719. The van der Waals surface area contributed by atoms with Crippen LogP contribution in [0.25, 0.3) is 0 Å². The summed E-state index contributed by atoms with van der Waals surface area (Å²) in [5, 5.41) is 20.7. The van der Waals surface area contributed by atoms with Crippen molar-refractivity contribution < 1.29 is 24.2 Å². The molecule has 6 nitrogen and oxygen atoms in total. The molecular weight excluding hydrogens is 238 g/mol. The van der Waals surface area contributed by atoms with Crippen LogP contribution in [0.15, 0.2) is 41.0 Å². The fourth-order valence-electron chi connectivity index (χ4n) is 1.36. The van der Waals surface area contributed by atoms with Crippen molar-refractivity contribution in [1.82, 2.24) is 0 Å². The molecule has 0 aliphatic heterocycles. The van der Waals surface area contributed by atoms with E-state index in [0.29, 0.717) is 0 Å². The minimum Gasteiger partial charge on any atom is -0.506 e. The van der Waals surface area contributed by atoms with Gasteiger partial charge in [-0.05, 0) is 30.3 Å². The van der Waals surface area contributed by atoms with E-state index in [1.54, 1.807) is 6.07 Å². The molecule has 0 spiro atoms. The fraction of sp³-hybridized carbons (Fsp3) is 0. The lowest BCUT2D eigenvalue weighted by Crippen LogP contribution is -2.11. The van der Waals surface area contributed by atoms with E-state index >= 15 is 0 Å². The van der Waals surface area contributed by atoms with Gasteiger partial charge in [-0.3, -0.25) is 4.79 Å². The summed E-state index contributed by atoms with van der Waals surface area (Å²) in [7, 11) is 0. The van der Waals surface area contributed by atoms with Crippen molar-refractivity contribution in [3.63, 3.8) is 0 Å². The number of benzene rings is 1. The van der Waals surface area contributed by atoms with Crippen LogP contribution in [-0.2, 0) is 0 Å². The number of carboxylic acid groups (broad SMARTS) is 1. The van der Waals surface area contributed by atoms with Crippen LogP contribution in [0, 0.1) is 0 Å². The summed E-state index contributed by atoms with van der Waals surface area (Å²) < 4.78 is 4.88. The smallest absolute Gasteiger partial charge is 0.335 e. The number of hydrogen-bond acceptors (Lipinski definition) is 4. The third kappa shape index (κ3) is 2.32. The molecule has 1 aromatic carbocycles. The van der Waals surface area contributed by atoms with Crippen LogP contribution < -0.4 is 5.32 Å². The van der Waals surface area contributed by atoms with Gasteiger partial charge in [0.15, 0.2) is 5.76 Å². The van der Waals surface area contributed by atoms with Crippen LogP contribution in [0.4, 0.5) is 5.69 Å². The second kappa shape index (κ2) is 4.62. The predicted molar refractivity (Wildman–Crippen MR) is 61.7 cm³/mol. The summed E-state index contributed by atoms with van der Waals surface area (Å²) in [6.07, 6.45) is 1.34. The van der Waals surface area contributed by atoms with Gasteiger partial charge in [0.2, 0.25) is 0 Å². The molecule has 0 radical (unpaired) electrons. The van der Waals surface area contributed by atoms with Crippen molar-refractivity contribution >= 4 is 17.6 Å². The van der Waals surface area contributed by atoms with E-state index < -0.39 is 11.9 Å². The molecular formula is C12H9NO5. The van der Waals surface area contributed by atoms with Crippen molar-refractivity contribution in [3.8, 4) is 5.75 Å². The zero-order chi connectivity index (χ0) is 13.1. The first-order chi connectivity index (χ1) is 8.58. The minimum atomic E-state index is -1.15. The lowest BCUT2D eigenvalue weighted by Gasteiger charge is -2.06. The Kier molecular flexibility index (Phi) is 3.01. The number of nitrogens with one attached hydrogen (secondary N) is 1. The summed E-state index contributed by atoms with van der Waals surface area (Å²) in [4.78, 5) is 22.4. The molecule has 92 valence electrons. The Morgan fingerprint density at radius 1 is 1.22 bits per heavy atom. The van der Waals surface area contributed by atoms with E-state index in [9.17, 15) is 14.7 Å². The van der Waals surface area contributed by atoms with Crippen LogP contribution in [0.5, 0.6) is 5.75 Å². The summed E-state index contributed by atoms with van der Waals surface area (Å²) in [6.45, 7) is 0. The van der Waals surface area contributed by atoms with Gasteiger partial charge >= 0.3 is 5.97 Å². The van der Waals surface area contributed by atoms with Crippen LogP contribution in [0.1, 0.15) is 20.9 Å². The van der Waals surface area contributed by atoms with E-state index in [4.69, 9.17) is 9.52 Å². The van der Waals surface area contributed by atoms with E-state index in [1.807, 2.05) is 0 Å². The first kappa shape index (κ1) is 11.7. The maximum atomic E-state index is 11.6. The van der Waals surface area contributed by atoms with Gasteiger partial charge in [-0.25, -0.2) is 4.79 Å². The molecule has 3 N–H and O–H groups in total. The van der Waals surface area contributed by atoms with E-state index in [1.165, 1.54) is 30.5 Å². The Morgan fingerprint density at radius 3 is 2.61 bits per heavy atom. The van der Waals surface area contributed by atoms with Crippen molar-refractivity contribution in [2.45, 2.75) is 0 Å². The number of anilines is 1. The molecule has 1 aromatic heterocycles. The predicted octanol–water partition coefficient (Wildman–Crippen LogP) is 1.94. The first-order valence-corrected chi connectivity index (χ1v) is 4.99. The number of phenolic OH excluding ortho intramolecular Hbond substituents is 1. The van der Waals surface area contributed by atoms with Gasteiger partial charge in [0.05, 0.1) is 17.5 Å². The lowest BCUT2D eigenvalue weighted by molar-refractivity contribution is 0.0696. The summed E-state index contributed by atoms with van der Waals surface area (Å²) in [5.41, 5.74) is -0.0288. The number of hydrogen-bond donors (Lipinski definition) is 3. The number of amides is 1. The number of carboxylic acids is 1. The van der Waals surface area contributed by atoms with Crippen LogP contribution in [0.3, 0.4) is 0 Å². The Balaban J connectivity index is 2.26. The average Bonchev–Trinajstić information content (AvgIpc) is 2.85. The van der Waals surface area contributed by atoms with Gasteiger partial charge in [0, 0.05) is 0 Å². The molecule has 0 fully saturated rings. The molecule has 0 saturated heterocycles. The highest BCUT2D eigenvalue weighted by molar-refractivity contribution is 6.03. The van der Waals surface area contributed by atoms with Gasteiger partial charge in [-0.2, -0.15) is 0 Å². The molecule has 18 heavy (non-hydrogen) atoms.